The Morgan fingerprint density at radius 2 is 1.83 bits per heavy atom. The molecule has 4 rings (SSSR count). The minimum absolute atomic E-state index is 0.139. The molecule has 0 saturated heterocycles. The van der Waals surface area contributed by atoms with E-state index in [2.05, 4.69) is 35.2 Å². The summed E-state index contributed by atoms with van der Waals surface area (Å²) in [6.07, 6.45) is 4.84. The van der Waals surface area contributed by atoms with Crippen LogP contribution < -0.4 is 4.90 Å². The Kier molecular flexibility index (Phi) is 3.49. The highest BCUT2D eigenvalue weighted by Crippen LogP contribution is 2.51. The van der Waals surface area contributed by atoms with Crippen molar-refractivity contribution in [1.29, 1.82) is 0 Å². The van der Waals surface area contributed by atoms with Gasteiger partial charge in [0.25, 0.3) is 0 Å². The van der Waals surface area contributed by atoms with E-state index in [0.717, 1.165) is 31.8 Å². The molecule has 1 aliphatic heterocycles. The molecule has 0 N–H and O–H groups in total. The van der Waals surface area contributed by atoms with E-state index in [9.17, 15) is 9.59 Å². The van der Waals surface area contributed by atoms with E-state index in [4.69, 9.17) is 0 Å². The molecule has 0 radical (unpaired) electrons. The number of carbonyl (C=O) groups excluding carboxylic acids is 2. The number of carbonyl (C=O) groups is 2. The van der Waals surface area contributed by atoms with Gasteiger partial charge in [-0.3, -0.25) is 4.79 Å². The highest BCUT2D eigenvalue weighted by Gasteiger charge is 2.42. The van der Waals surface area contributed by atoms with Gasteiger partial charge < -0.3 is 9.69 Å². The summed E-state index contributed by atoms with van der Waals surface area (Å²) in [4.78, 5) is 24.8. The summed E-state index contributed by atoms with van der Waals surface area (Å²) in [6.45, 7) is 0. The van der Waals surface area contributed by atoms with Crippen LogP contribution in [-0.4, -0.2) is 18.6 Å². The summed E-state index contributed by atoms with van der Waals surface area (Å²) in [5.74, 6) is 0.466. The Hall–Kier alpha value is -2.42. The van der Waals surface area contributed by atoms with Crippen molar-refractivity contribution in [2.24, 2.45) is 5.92 Å². The van der Waals surface area contributed by atoms with Crippen molar-refractivity contribution in [2.45, 2.75) is 31.2 Å². The first-order valence-corrected chi connectivity index (χ1v) is 8.20. The molecule has 0 amide bonds. The van der Waals surface area contributed by atoms with Gasteiger partial charge in [-0.05, 0) is 55.2 Å². The normalized spacial score (nSPS) is 25.6. The highest BCUT2D eigenvalue weighted by atomic mass is 16.1. The molecule has 3 heteroatoms. The maximum absolute atomic E-state index is 11.3. The summed E-state index contributed by atoms with van der Waals surface area (Å²) in [6, 6.07) is 16.7. The largest absolute Gasteiger partial charge is 0.338 e. The number of rotatable bonds is 3. The third-order valence-electron chi connectivity index (χ3n) is 5.26. The van der Waals surface area contributed by atoms with Crippen LogP contribution in [0.2, 0.25) is 0 Å². The van der Waals surface area contributed by atoms with E-state index < -0.39 is 0 Å². The zero-order valence-corrected chi connectivity index (χ0v) is 12.9. The Labute approximate surface area is 135 Å². The molecule has 23 heavy (non-hydrogen) atoms. The van der Waals surface area contributed by atoms with E-state index in [-0.39, 0.29) is 5.92 Å². The van der Waals surface area contributed by atoms with Gasteiger partial charge in [0.1, 0.15) is 12.6 Å². The van der Waals surface area contributed by atoms with Crippen LogP contribution >= 0.6 is 0 Å². The number of benzene rings is 2. The molecule has 116 valence electrons. The monoisotopic (exact) mass is 305 g/mol. The molecule has 3 unspecified atom stereocenters. The van der Waals surface area contributed by atoms with Gasteiger partial charge in [0.05, 0.1) is 0 Å². The lowest BCUT2D eigenvalue weighted by Gasteiger charge is -2.35. The van der Waals surface area contributed by atoms with Crippen LogP contribution in [0.4, 0.5) is 11.4 Å². The smallest absolute Gasteiger partial charge is 0.150 e. The molecule has 1 saturated carbocycles. The van der Waals surface area contributed by atoms with Gasteiger partial charge in [-0.15, -0.1) is 0 Å². The van der Waals surface area contributed by atoms with Crippen LogP contribution in [0, 0.1) is 5.92 Å². The quantitative estimate of drug-likeness (QED) is 0.801. The minimum atomic E-state index is 0.139. The third kappa shape index (κ3) is 2.27. The SMILES string of the molecule is O=Cc1ccc2c(c1)C1CC(C=O)CCC1N2c1ccccc1. The van der Waals surface area contributed by atoms with Gasteiger partial charge in [-0.2, -0.15) is 0 Å². The fourth-order valence-electron chi connectivity index (χ4n) is 4.21. The van der Waals surface area contributed by atoms with Gasteiger partial charge in [0, 0.05) is 34.8 Å². The number of nitrogens with zero attached hydrogens (tertiary/aromatic N) is 1. The lowest BCUT2D eigenvalue weighted by atomic mass is 9.77. The molecular formula is C20H19NO2. The lowest BCUT2D eigenvalue weighted by molar-refractivity contribution is -0.112. The lowest BCUT2D eigenvalue weighted by Crippen LogP contribution is -2.35. The van der Waals surface area contributed by atoms with Crippen molar-refractivity contribution in [2.75, 3.05) is 4.90 Å². The minimum Gasteiger partial charge on any atom is -0.338 e. The first-order valence-electron chi connectivity index (χ1n) is 8.20. The number of para-hydroxylation sites is 1. The average Bonchev–Trinajstić information content (AvgIpc) is 2.95. The fraction of sp³-hybridized carbons (Fsp3) is 0.300. The van der Waals surface area contributed by atoms with Crippen molar-refractivity contribution in [3.05, 3.63) is 59.7 Å². The summed E-state index contributed by atoms with van der Waals surface area (Å²) in [5, 5.41) is 0. The zero-order chi connectivity index (χ0) is 15.8. The highest BCUT2D eigenvalue weighted by molar-refractivity contribution is 5.81. The Morgan fingerprint density at radius 3 is 2.57 bits per heavy atom. The Morgan fingerprint density at radius 1 is 1.00 bits per heavy atom. The van der Waals surface area contributed by atoms with E-state index in [1.807, 2.05) is 18.2 Å². The summed E-state index contributed by atoms with van der Waals surface area (Å²) < 4.78 is 0. The van der Waals surface area contributed by atoms with Crippen molar-refractivity contribution < 1.29 is 9.59 Å². The molecular weight excluding hydrogens is 286 g/mol. The van der Waals surface area contributed by atoms with Gasteiger partial charge in [-0.25, -0.2) is 0 Å². The Bertz CT molecular complexity index is 741. The number of hydrogen-bond acceptors (Lipinski definition) is 3. The van der Waals surface area contributed by atoms with Crippen LogP contribution in [0.3, 0.4) is 0 Å². The van der Waals surface area contributed by atoms with E-state index in [1.165, 1.54) is 16.9 Å². The predicted octanol–water partition coefficient (Wildman–Crippen LogP) is 4.10. The van der Waals surface area contributed by atoms with Crippen molar-refractivity contribution in [1.82, 2.24) is 0 Å². The maximum Gasteiger partial charge on any atom is 0.150 e. The van der Waals surface area contributed by atoms with Gasteiger partial charge in [-0.1, -0.05) is 18.2 Å². The van der Waals surface area contributed by atoms with Crippen LogP contribution in [0.5, 0.6) is 0 Å². The first-order chi connectivity index (χ1) is 11.3. The number of hydrogen-bond donors (Lipinski definition) is 0. The van der Waals surface area contributed by atoms with E-state index in [1.54, 1.807) is 0 Å². The topological polar surface area (TPSA) is 37.4 Å². The zero-order valence-electron chi connectivity index (χ0n) is 12.9. The summed E-state index contributed by atoms with van der Waals surface area (Å²) in [5.41, 5.74) is 4.30. The maximum atomic E-state index is 11.3. The van der Waals surface area contributed by atoms with Crippen LogP contribution in [0.25, 0.3) is 0 Å². The summed E-state index contributed by atoms with van der Waals surface area (Å²) in [7, 11) is 0. The predicted molar refractivity (Wildman–Crippen MR) is 90.3 cm³/mol. The van der Waals surface area contributed by atoms with E-state index in [0.29, 0.717) is 17.5 Å². The van der Waals surface area contributed by atoms with Gasteiger partial charge in [0.2, 0.25) is 0 Å². The Balaban J connectivity index is 1.83. The molecule has 3 nitrogen and oxygen atoms in total. The van der Waals surface area contributed by atoms with Crippen molar-refractivity contribution >= 4 is 23.9 Å². The van der Waals surface area contributed by atoms with Crippen LogP contribution in [0.1, 0.15) is 41.1 Å². The molecule has 1 fully saturated rings. The number of anilines is 2. The van der Waals surface area contributed by atoms with Gasteiger partial charge in [0.15, 0.2) is 0 Å². The molecule has 1 heterocycles. The molecule has 2 aromatic carbocycles. The standard InChI is InChI=1S/C20H19NO2/c22-12-14-6-8-19-17(10-14)18-11-15(13-23)7-9-20(18)21(19)16-4-2-1-3-5-16/h1-6,8,10,12-13,15,18,20H,7,9,11H2. The molecule has 1 aliphatic carbocycles. The van der Waals surface area contributed by atoms with Crippen molar-refractivity contribution in [3.63, 3.8) is 0 Å². The fourth-order valence-corrected chi connectivity index (χ4v) is 4.21. The van der Waals surface area contributed by atoms with Gasteiger partial charge >= 0.3 is 0 Å². The molecule has 2 aliphatic rings. The molecule has 3 atom stereocenters. The molecule has 2 aromatic rings. The van der Waals surface area contributed by atoms with Crippen molar-refractivity contribution in [3.8, 4) is 0 Å². The molecule has 0 spiro atoms. The second kappa shape index (κ2) is 5.65. The molecule has 0 bridgehead atoms. The first kappa shape index (κ1) is 14.2. The number of aldehydes is 2. The van der Waals surface area contributed by atoms with E-state index >= 15 is 0 Å². The third-order valence-corrected chi connectivity index (χ3v) is 5.26. The van der Waals surface area contributed by atoms with Crippen LogP contribution in [-0.2, 0) is 4.79 Å². The molecule has 0 aromatic heterocycles. The average molecular weight is 305 g/mol. The number of fused-ring (bicyclic) bond motifs is 3. The van der Waals surface area contributed by atoms with Crippen LogP contribution in [0.15, 0.2) is 48.5 Å². The second-order valence-corrected chi connectivity index (χ2v) is 6.52. The summed E-state index contributed by atoms with van der Waals surface area (Å²) >= 11 is 0. The second-order valence-electron chi connectivity index (χ2n) is 6.52.